The van der Waals surface area contributed by atoms with E-state index in [-0.39, 0.29) is 12.0 Å². The van der Waals surface area contributed by atoms with Crippen LogP contribution in [0.5, 0.6) is 0 Å². The monoisotopic (exact) mass is 263 g/mol. The van der Waals surface area contributed by atoms with Crippen LogP contribution < -0.4 is 5.73 Å². The number of ether oxygens (including phenoxy) is 1. The van der Waals surface area contributed by atoms with E-state index >= 15 is 0 Å². The molecule has 0 amide bonds. The lowest BCUT2D eigenvalue weighted by Crippen LogP contribution is -2.39. The number of aliphatic hydroxyl groups is 1. The maximum atomic E-state index is 9.81. The average Bonchev–Trinajstić information content (AvgIpc) is 2.98. The number of nitrogens with two attached hydrogens (primary N) is 1. The van der Waals surface area contributed by atoms with Crippen LogP contribution in [0.2, 0.25) is 0 Å². The van der Waals surface area contributed by atoms with Gasteiger partial charge in [0.25, 0.3) is 0 Å². The van der Waals surface area contributed by atoms with Crippen molar-refractivity contribution in [3.05, 3.63) is 35.9 Å². The van der Waals surface area contributed by atoms with E-state index in [4.69, 9.17) is 10.5 Å². The van der Waals surface area contributed by atoms with Crippen LogP contribution in [0, 0.1) is 0 Å². The van der Waals surface area contributed by atoms with E-state index in [0.717, 1.165) is 31.4 Å². The van der Waals surface area contributed by atoms with E-state index in [0.29, 0.717) is 12.6 Å². The molecule has 3 heteroatoms. The Hall–Kier alpha value is -0.900. The third-order valence-corrected chi connectivity index (χ3v) is 4.28. The van der Waals surface area contributed by atoms with Crippen LogP contribution in [0.25, 0.3) is 0 Å². The summed E-state index contributed by atoms with van der Waals surface area (Å²) in [5, 5.41) is 9.81. The molecular weight excluding hydrogens is 238 g/mol. The van der Waals surface area contributed by atoms with Crippen LogP contribution in [-0.2, 0) is 10.2 Å². The van der Waals surface area contributed by atoms with Gasteiger partial charge in [0.1, 0.15) is 0 Å². The normalized spacial score (nSPS) is 22.3. The molecule has 0 radical (unpaired) electrons. The van der Waals surface area contributed by atoms with Crippen molar-refractivity contribution in [2.45, 2.75) is 43.6 Å². The van der Waals surface area contributed by atoms with Crippen molar-refractivity contribution < 1.29 is 9.84 Å². The largest absolute Gasteiger partial charge is 0.395 e. The van der Waals surface area contributed by atoms with Crippen molar-refractivity contribution in [3.63, 3.8) is 0 Å². The molecule has 1 saturated heterocycles. The average molecular weight is 263 g/mol. The molecular formula is C16H25NO2. The van der Waals surface area contributed by atoms with Gasteiger partial charge in [-0.25, -0.2) is 0 Å². The molecule has 1 aliphatic rings. The molecule has 2 rings (SSSR count). The Bertz CT molecular complexity index is 356. The van der Waals surface area contributed by atoms with Crippen LogP contribution >= 0.6 is 0 Å². The first-order valence-electron chi connectivity index (χ1n) is 7.29. The van der Waals surface area contributed by atoms with E-state index < -0.39 is 0 Å². The Morgan fingerprint density at radius 1 is 1.32 bits per heavy atom. The zero-order valence-corrected chi connectivity index (χ0v) is 11.6. The maximum absolute atomic E-state index is 9.81. The Morgan fingerprint density at radius 2 is 2.11 bits per heavy atom. The van der Waals surface area contributed by atoms with Gasteiger partial charge in [0, 0.05) is 18.6 Å². The van der Waals surface area contributed by atoms with Gasteiger partial charge in [-0.3, -0.25) is 0 Å². The van der Waals surface area contributed by atoms with Gasteiger partial charge in [0.15, 0.2) is 0 Å². The molecule has 1 heterocycles. The summed E-state index contributed by atoms with van der Waals surface area (Å²) in [5.41, 5.74) is 6.81. The predicted octanol–water partition coefficient (Wildman–Crippen LogP) is 2.22. The molecule has 3 nitrogen and oxygen atoms in total. The highest BCUT2D eigenvalue weighted by molar-refractivity contribution is 5.26. The van der Waals surface area contributed by atoms with E-state index in [1.807, 2.05) is 18.2 Å². The first-order chi connectivity index (χ1) is 9.30. The topological polar surface area (TPSA) is 55.5 Å². The zero-order valence-electron chi connectivity index (χ0n) is 11.6. The smallest absolute Gasteiger partial charge is 0.0576 e. The molecule has 2 unspecified atom stereocenters. The molecule has 0 bridgehead atoms. The summed E-state index contributed by atoms with van der Waals surface area (Å²) in [5.74, 6) is 0. The summed E-state index contributed by atoms with van der Waals surface area (Å²) >= 11 is 0. The van der Waals surface area contributed by atoms with E-state index in [9.17, 15) is 5.11 Å². The van der Waals surface area contributed by atoms with Gasteiger partial charge >= 0.3 is 0 Å². The van der Waals surface area contributed by atoms with Crippen LogP contribution in [0.3, 0.4) is 0 Å². The summed E-state index contributed by atoms with van der Waals surface area (Å²) in [6, 6.07) is 10.1. The summed E-state index contributed by atoms with van der Waals surface area (Å²) in [6.07, 6.45) is 5.84. The summed E-state index contributed by atoms with van der Waals surface area (Å²) in [6.45, 7) is 1.50. The van der Waals surface area contributed by atoms with E-state index in [1.165, 1.54) is 12.8 Å². The van der Waals surface area contributed by atoms with Crippen LogP contribution in [0.15, 0.2) is 30.3 Å². The number of benzene rings is 1. The third-order valence-electron chi connectivity index (χ3n) is 4.28. The number of aliphatic hydroxyl groups excluding tert-OH is 1. The van der Waals surface area contributed by atoms with Gasteiger partial charge in [-0.1, -0.05) is 30.3 Å². The molecule has 0 saturated carbocycles. The van der Waals surface area contributed by atoms with Gasteiger partial charge in [-0.05, 0) is 37.7 Å². The van der Waals surface area contributed by atoms with Crippen molar-refractivity contribution in [1.82, 2.24) is 0 Å². The molecule has 0 aromatic heterocycles. The van der Waals surface area contributed by atoms with Gasteiger partial charge in [0.2, 0.25) is 0 Å². The molecule has 0 aliphatic carbocycles. The molecule has 106 valence electrons. The first kappa shape index (κ1) is 14.5. The molecule has 3 N–H and O–H groups in total. The molecule has 0 spiro atoms. The van der Waals surface area contributed by atoms with Crippen molar-refractivity contribution in [1.29, 1.82) is 0 Å². The van der Waals surface area contributed by atoms with Crippen molar-refractivity contribution >= 4 is 0 Å². The molecule has 1 fully saturated rings. The number of rotatable bonds is 7. The fourth-order valence-corrected chi connectivity index (χ4v) is 2.93. The SMILES string of the molecule is NCC(CO)(CCCC1CCCO1)c1ccccc1. The Kier molecular flexibility index (Phi) is 5.37. The highest BCUT2D eigenvalue weighted by Gasteiger charge is 2.30. The maximum Gasteiger partial charge on any atom is 0.0576 e. The van der Waals surface area contributed by atoms with Gasteiger partial charge < -0.3 is 15.6 Å². The Labute approximate surface area is 115 Å². The van der Waals surface area contributed by atoms with Crippen molar-refractivity contribution in [2.75, 3.05) is 19.8 Å². The lowest BCUT2D eigenvalue weighted by Gasteiger charge is -2.31. The van der Waals surface area contributed by atoms with Crippen LogP contribution in [0.1, 0.15) is 37.7 Å². The highest BCUT2D eigenvalue weighted by Crippen LogP contribution is 2.30. The minimum absolute atomic E-state index is 0.110. The summed E-state index contributed by atoms with van der Waals surface area (Å²) < 4.78 is 5.65. The fraction of sp³-hybridized carbons (Fsp3) is 0.625. The van der Waals surface area contributed by atoms with Crippen molar-refractivity contribution in [3.8, 4) is 0 Å². The van der Waals surface area contributed by atoms with Crippen LogP contribution in [0.4, 0.5) is 0 Å². The molecule has 1 aliphatic heterocycles. The van der Waals surface area contributed by atoms with E-state index in [1.54, 1.807) is 0 Å². The Balaban J connectivity index is 1.95. The number of hydrogen-bond donors (Lipinski definition) is 2. The minimum Gasteiger partial charge on any atom is -0.395 e. The molecule has 2 atom stereocenters. The fourth-order valence-electron chi connectivity index (χ4n) is 2.93. The van der Waals surface area contributed by atoms with Gasteiger partial charge in [-0.2, -0.15) is 0 Å². The second-order valence-electron chi connectivity index (χ2n) is 5.54. The quantitative estimate of drug-likeness (QED) is 0.793. The second-order valence-corrected chi connectivity index (χ2v) is 5.54. The third kappa shape index (κ3) is 3.56. The lowest BCUT2D eigenvalue weighted by molar-refractivity contribution is 0.0972. The summed E-state index contributed by atoms with van der Waals surface area (Å²) in [4.78, 5) is 0. The molecule has 19 heavy (non-hydrogen) atoms. The Morgan fingerprint density at radius 3 is 2.68 bits per heavy atom. The zero-order chi connectivity index (χ0) is 13.6. The van der Waals surface area contributed by atoms with Gasteiger partial charge in [0.05, 0.1) is 12.7 Å². The van der Waals surface area contributed by atoms with Crippen LogP contribution in [-0.4, -0.2) is 31.0 Å². The molecule has 1 aromatic carbocycles. The highest BCUT2D eigenvalue weighted by atomic mass is 16.5. The number of hydrogen-bond acceptors (Lipinski definition) is 3. The molecule has 1 aromatic rings. The van der Waals surface area contributed by atoms with Gasteiger partial charge in [-0.15, -0.1) is 0 Å². The van der Waals surface area contributed by atoms with Crippen molar-refractivity contribution in [2.24, 2.45) is 5.73 Å². The predicted molar refractivity (Wildman–Crippen MR) is 77.1 cm³/mol. The standard InChI is InChI=1S/C16H25NO2/c17-12-16(13-18,14-6-2-1-3-7-14)10-4-8-15-9-5-11-19-15/h1-3,6-7,15,18H,4-5,8-13,17H2. The summed E-state index contributed by atoms with van der Waals surface area (Å²) in [7, 11) is 0. The van der Waals surface area contributed by atoms with E-state index in [2.05, 4.69) is 12.1 Å². The minimum atomic E-state index is -0.292. The second kappa shape index (κ2) is 7.04. The first-order valence-corrected chi connectivity index (χ1v) is 7.29. The lowest BCUT2D eigenvalue weighted by atomic mass is 9.77.